The van der Waals surface area contributed by atoms with E-state index in [-0.39, 0.29) is 17.7 Å². The van der Waals surface area contributed by atoms with Crippen molar-refractivity contribution in [1.29, 1.82) is 0 Å². The van der Waals surface area contributed by atoms with Gasteiger partial charge in [-0.1, -0.05) is 0 Å². The normalized spacial score (nSPS) is 8.00. The number of hydrogen-bond acceptors (Lipinski definition) is 3. The van der Waals surface area contributed by atoms with Crippen LogP contribution in [0.2, 0.25) is 0 Å². The van der Waals surface area contributed by atoms with Crippen molar-refractivity contribution in [3.8, 4) is 0 Å². The maximum atomic E-state index is 10.3. The van der Waals surface area contributed by atoms with Crippen LogP contribution < -0.4 is 5.73 Å². The Morgan fingerprint density at radius 1 is 1.56 bits per heavy atom. The van der Waals surface area contributed by atoms with E-state index in [2.05, 4.69) is 5.73 Å². The van der Waals surface area contributed by atoms with Gasteiger partial charge in [0.15, 0.2) is 5.78 Å². The molecule has 0 saturated heterocycles. The van der Waals surface area contributed by atoms with Gasteiger partial charge in [0.1, 0.15) is 0 Å². The summed E-state index contributed by atoms with van der Waals surface area (Å²) in [6.07, 6.45) is -0.380. The van der Waals surface area contributed by atoms with Gasteiger partial charge in [-0.2, -0.15) is 0 Å². The molecule has 0 atom stereocenters. The van der Waals surface area contributed by atoms with E-state index in [1.54, 1.807) is 0 Å². The molecule has 0 rings (SSSR count). The fourth-order valence-corrected chi connectivity index (χ4v) is 0.458. The second-order valence-corrected chi connectivity index (χ2v) is 1.75. The van der Waals surface area contributed by atoms with Crippen molar-refractivity contribution in [1.82, 2.24) is 0 Å². The van der Waals surface area contributed by atoms with Crippen LogP contribution in [-0.2, 0) is 20.8 Å². The number of ketones is 1. The van der Waals surface area contributed by atoms with Crippen LogP contribution in [0.25, 0.3) is 0 Å². The number of rotatable bonds is 3. The lowest BCUT2D eigenvalue weighted by molar-refractivity contribution is -0.123. The summed E-state index contributed by atoms with van der Waals surface area (Å²) in [7, 11) is 0. The van der Waals surface area contributed by atoms with Gasteiger partial charge in [0.2, 0.25) is 5.91 Å². The number of primary amides is 1. The Hall–Kier alpha value is -0.970. The number of nitrogens with two attached hydrogens (primary N) is 1. The molecule has 0 bridgehead atoms. The Morgan fingerprint density at radius 2 is 2.11 bits per heavy atom. The topological polar surface area (TPSA) is 77.2 Å². The first-order valence-corrected chi connectivity index (χ1v) is 2.90. The van der Waals surface area contributed by atoms with Crippen molar-refractivity contribution in [2.45, 2.75) is 6.42 Å². The van der Waals surface area contributed by atoms with Crippen LogP contribution in [0.5, 0.6) is 0 Å². The minimum Gasteiger partial charge on any atom is -0.369 e. The molecule has 5 heteroatoms. The van der Waals surface area contributed by atoms with Crippen molar-refractivity contribution in [3.63, 3.8) is 0 Å². The van der Waals surface area contributed by atoms with Crippen LogP contribution in [0.15, 0.2) is 0 Å². The first kappa shape index (κ1) is 8.03. The highest BCUT2D eigenvalue weighted by Crippen LogP contribution is 1.74. The van der Waals surface area contributed by atoms with Crippen molar-refractivity contribution in [3.05, 3.63) is 0 Å². The predicted molar refractivity (Wildman–Crippen MR) is 33.0 cm³/mol. The average molecular weight is 147 g/mol. The van der Waals surface area contributed by atoms with Crippen molar-refractivity contribution in [2.24, 2.45) is 5.73 Å². The molecular formula is C4H5NO3S. The molecule has 0 aromatic carbocycles. The lowest BCUT2D eigenvalue weighted by Crippen LogP contribution is -2.16. The Labute approximate surface area is 55.1 Å². The van der Waals surface area contributed by atoms with Crippen LogP contribution in [0.4, 0.5) is 0 Å². The minimum atomic E-state index is -0.717. The predicted octanol–water partition coefficient (Wildman–Crippen LogP) is -1.55. The average Bonchev–Trinajstić information content (AvgIpc) is 1.63. The summed E-state index contributed by atoms with van der Waals surface area (Å²) in [6, 6.07) is 0. The Kier molecular flexibility index (Phi) is 3.54. The lowest BCUT2D eigenvalue weighted by Gasteiger charge is -1.82. The molecule has 0 fully saturated rings. The molecule has 0 unspecified atom stereocenters. The summed E-state index contributed by atoms with van der Waals surface area (Å²) in [5.41, 5.74) is 4.63. The summed E-state index contributed by atoms with van der Waals surface area (Å²) < 4.78 is 9.61. The molecule has 0 radical (unpaired) electrons. The van der Waals surface area contributed by atoms with Gasteiger partial charge >= 0.3 is 0 Å². The minimum absolute atomic E-state index is 0.0194. The lowest BCUT2D eigenvalue weighted by atomic mass is 10.3. The molecule has 0 aliphatic rings. The number of Topliss-reactive ketones (excluding diaryl/α,β-unsaturated/α-hetero) is 1. The van der Waals surface area contributed by atoms with Crippen LogP contribution in [0, 0.1) is 0 Å². The molecule has 2 N–H and O–H groups in total. The van der Waals surface area contributed by atoms with Crippen molar-refractivity contribution < 1.29 is 13.8 Å². The second-order valence-electron chi connectivity index (χ2n) is 1.32. The van der Waals surface area contributed by atoms with E-state index in [4.69, 9.17) is 0 Å². The molecule has 0 aliphatic carbocycles. The zero-order valence-electron chi connectivity index (χ0n) is 4.49. The summed E-state index contributed by atoms with van der Waals surface area (Å²) in [6.45, 7) is 0. The Morgan fingerprint density at radius 3 is 2.44 bits per heavy atom. The third-order valence-corrected chi connectivity index (χ3v) is 0.887. The molecule has 50 valence electrons. The van der Waals surface area contributed by atoms with Gasteiger partial charge in [0, 0.05) is 0 Å². The third kappa shape index (κ3) is 4.89. The highest BCUT2D eigenvalue weighted by atomic mass is 32.1. The molecule has 0 aromatic heterocycles. The molecule has 0 aromatic rings. The smallest absolute Gasteiger partial charge is 0.225 e. The zero-order valence-corrected chi connectivity index (χ0v) is 5.31. The van der Waals surface area contributed by atoms with E-state index in [1.807, 2.05) is 0 Å². The quantitative estimate of drug-likeness (QED) is 0.387. The highest BCUT2D eigenvalue weighted by Gasteiger charge is 2.00. The molecule has 4 nitrogen and oxygen atoms in total. The van der Waals surface area contributed by atoms with Gasteiger partial charge in [-0.25, -0.2) is 4.21 Å². The fraction of sp³-hybridized carbons (Fsp3) is 0.250. The van der Waals surface area contributed by atoms with Gasteiger partial charge in [0.05, 0.1) is 23.0 Å². The maximum absolute atomic E-state index is 10.3. The van der Waals surface area contributed by atoms with Crippen LogP contribution in [0.1, 0.15) is 6.42 Å². The number of hydrogen-bond donors (Lipinski definition) is 1. The van der Waals surface area contributed by atoms with Crippen LogP contribution in [0.3, 0.4) is 0 Å². The van der Waals surface area contributed by atoms with Crippen LogP contribution >= 0.6 is 0 Å². The monoisotopic (exact) mass is 147 g/mol. The standard InChI is InChI=1S/C4H5NO3S/c5-4(7)1-3(6)2-9-8/h2H,1H2,(H2,5,7). The molecule has 0 heterocycles. The molecular weight excluding hydrogens is 142 g/mol. The zero-order chi connectivity index (χ0) is 7.28. The summed E-state index contributed by atoms with van der Waals surface area (Å²) in [4.78, 5) is 20.2. The second kappa shape index (κ2) is 3.96. The molecule has 0 saturated carbocycles. The summed E-state index contributed by atoms with van der Waals surface area (Å²) in [5, 5.41) is 0.810. The summed E-state index contributed by atoms with van der Waals surface area (Å²) >= 11 is 0.0194. The van der Waals surface area contributed by atoms with Gasteiger partial charge < -0.3 is 5.73 Å². The first-order chi connectivity index (χ1) is 4.16. The van der Waals surface area contributed by atoms with E-state index in [0.717, 1.165) is 5.37 Å². The fourth-order valence-electron chi connectivity index (χ4n) is 0.267. The van der Waals surface area contributed by atoms with E-state index in [1.165, 1.54) is 0 Å². The van der Waals surface area contributed by atoms with Gasteiger partial charge in [-0.15, -0.1) is 0 Å². The van der Waals surface area contributed by atoms with Crippen LogP contribution in [-0.4, -0.2) is 21.3 Å². The van der Waals surface area contributed by atoms with Gasteiger partial charge in [-0.3, -0.25) is 9.59 Å². The highest BCUT2D eigenvalue weighted by molar-refractivity contribution is 7.66. The molecule has 0 spiro atoms. The molecule has 9 heavy (non-hydrogen) atoms. The van der Waals surface area contributed by atoms with E-state index >= 15 is 0 Å². The number of carbonyl (C=O) groups is 2. The number of carbonyl (C=O) groups excluding carboxylic acids is 2. The maximum Gasteiger partial charge on any atom is 0.225 e. The molecule has 0 aliphatic heterocycles. The van der Waals surface area contributed by atoms with Crippen molar-refractivity contribution in [2.75, 3.05) is 0 Å². The Bertz CT molecular complexity index is 182. The largest absolute Gasteiger partial charge is 0.369 e. The van der Waals surface area contributed by atoms with E-state index < -0.39 is 11.7 Å². The van der Waals surface area contributed by atoms with Gasteiger partial charge in [-0.05, 0) is 0 Å². The summed E-state index contributed by atoms with van der Waals surface area (Å²) in [5.74, 6) is -1.26. The van der Waals surface area contributed by atoms with E-state index in [0.29, 0.717) is 0 Å². The van der Waals surface area contributed by atoms with Crippen molar-refractivity contribution >= 4 is 28.3 Å². The number of amides is 1. The Balaban J connectivity index is 3.78. The molecule has 1 amide bonds. The first-order valence-electron chi connectivity index (χ1n) is 2.10. The van der Waals surface area contributed by atoms with E-state index in [9.17, 15) is 13.8 Å². The van der Waals surface area contributed by atoms with Gasteiger partial charge in [0.25, 0.3) is 0 Å². The SMILES string of the molecule is NC(=O)CC(=O)C=S=O. The third-order valence-electron chi connectivity index (χ3n) is 0.528.